The Morgan fingerprint density at radius 1 is 1.23 bits per heavy atom. The van der Waals surface area contributed by atoms with Crippen molar-refractivity contribution < 1.29 is 13.6 Å². The molecule has 0 aromatic heterocycles. The van der Waals surface area contributed by atoms with Crippen molar-refractivity contribution in [2.75, 3.05) is 25.3 Å². The molecule has 13 heavy (non-hydrogen) atoms. The fourth-order valence-electron chi connectivity index (χ4n) is 0.541. The second kappa shape index (κ2) is 7.01. The summed E-state index contributed by atoms with van der Waals surface area (Å²) in [6, 6.07) is 0. The van der Waals surface area contributed by atoms with E-state index in [1.807, 2.05) is 0 Å². The predicted octanol–water partition coefficient (Wildman–Crippen LogP) is 1.72. The lowest BCUT2D eigenvalue weighted by molar-refractivity contribution is 0.244. The van der Waals surface area contributed by atoms with Gasteiger partial charge in [-0.2, -0.15) is 0 Å². The van der Waals surface area contributed by atoms with Crippen molar-refractivity contribution in [3.63, 3.8) is 0 Å². The van der Waals surface area contributed by atoms with Gasteiger partial charge in [0.25, 0.3) is 0 Å². The van der Waals surface area contributed by atoms with E-state index in [-0.39, 0.29) is 25.3 Å². The van der Waals surface area contributed by atoms with Gasteiger partial charge in [-0.1, -0.05) is 11.8 Å². The largest absolute Gasteiger partial charge is 0.333 e. The fourth-order valence-corrected chi connectivity index (χ4v) is 2.24. The van der Waals surface area contributed by atoms with Crippen LogP contribution in [0.4, 0.5) is 0 Å². The molecule has 0 spiro atoms. The second-order valence-electron chi connectivity index (χ2n) is 1.98. The highest BCUT2D eigenvalue weighted by molar-refractivity contribution is 7.54. The topological polar surface area (TPSA) is 35.5 Å². The van der Waals surface area contributed by atoms with E-state index in [1.165, 1.54) is 0 Å². The summed E-state index contributed by atoms with van der Waals surface area (Å²) in [6.45, 7) is -0.141. The van der Waals surface area contributed by atoms with Crippen LogP contribution in [-0.4, -0.2) is 25.3 Å². The molecule has 0 atom stereocenters. The monoisotopic (exact) mass is 220 g/mol. The third-order valence-electron chi connectivity index (χ3n) is 1.05. The molecule has 0 aliphatic carbocycles. The van der Waals surface area contributed by atoms with Crippen molar-refractivity contribution in [1.29, 1.82) is 0 Å². The Labute approximate surface area is 83.3 Å². The zero-order chi connectivity index (χ0) is 10.2. The van der Waals surface area contributed by atoms with Gasteiger partial charge in [0.1, 0.15) is 13.2 Å². The highest BCUT2D eigenvalue weighted by atomic mass is 35.5. The summed E-state index contributed by atoms with van der Waals surface area (Å²) in [5.74, 6) is 4.55. The molecule has 0 aliphatic heterocycles. The third-order valence-corrected chi connectivity index (χ3v) is 3.32. The van der Waals surface area contributed by atoms with Crippen molar-refractivity contribution >= 4 is 19.2 Å². The van der Waals surface area contributed by atoms with Crippen LogP contribution in [0.3, 0.4) is 0 Å². The molecule has 0 saturated carbocycles. The first-order valence-electron chi connectivity index (χ1n) is 3.49. The van der Waals surface area contributed by atoms with Crippen LogP contribution in [-0.2, 0) is 13.6 Å². The van der Waals surface area contributed by atoms with Gasteiger partial charge in [-0.25, -0.2) is 0 Å². The number of halogens is 1. The standard InChI is InChI=1S/C8H10ClO3P/c1-3-6-11-13(10,8-5-9)12-7-4-2/h1-2H,5-8H2. The minimum atomic E-state index is -3.17. The molecule has 0 aromatic carbocycles. The van der Waals surface area contributed by atoms with Gasteiger partial charge in [0.05, 0.1) is 6.16 Å². The molecule has 0 aliphatic rings. The quantitative estimate of drug-likeness (QED) is 0.388. The Hall–Kier alpha value is -0.440. The SMILES string of the molecule is C#CCOP(=O)(CCCl)OCC#C. The first-order valence-corrected chi connectivity index (χ1v) is 5.76. The molecule has 0 radical (unpaired) electrons. The average molecular weight is 221 g/mol. The van der Waals surface area contributed by atoms with Crippen molar-refractivity contribution in [3.05, 3.63) is 0 Å². The van der Waals surface area contributed by atoms with Crippen LogP contribution in [0.15, 0.2) is 0 Å². The molecule has 5 heteroatoms. The third kappa shape index (κ3) is 5.75. The number of rotatable bonds is 6. The highest BCUT2D eigenvalue weighted by Crippen LogP contribution is 2.47. The van der Waals surface area contributed by atoms with Crippen LogP contribution >= 0.6 is 19.2 Å². The Morgan fingerprint density at radius 3 is 2.00 bits per heavy atom. The van der Waals surface area contributed by atoms with Gasteiger partial charge < -0.3 is 0 Å². The molecular formula is C8H10ClO3P. The summed E-state index contributed by atoms with van der Waals surface area (Å²) in [5.41, 5.74) is 0. The lowest BCUT2D eigenvalue weighted by Crippen LogP contribution is -2.01. The molecule has 0 fully saturated rings. The van der Waals surface area contributed by atoms with Gasteiger partial charge in [-0.3, -0.25) is 13.6 Å². The number of alkyl halides is 1. The van der Waals surface area contributed by atoms with Crippen molar-refractivity contribution in [2.45, 2.75) is 0 Å². The van der Waals surface area contributed by atoms with Gasteiger partial charge in [-0.05, 0) is 0 Å². The van der Waals surface area contributed by atoms with Crippen LogP contribution in [0.25, 0.3) is 0 Å². The zero-order valence-electron chi connectivity index (χ0n) is 7.03. The maximum absolute atomic E-state index is 11.6. The molecule has 0 N–H and O–H groups in total. The molecule has 3 nitrogen and oxygen atoms in total. The van der Waals surface area contributed by atoms with Crippen LogP contribution in [0.1, 0.15) is 0 Å². The van der Waals surface area contributed by atoms with Crippen LogP contribution < -0.4 is 0 Å². The van der Waals surface area contributed by atoms with E-state index in [4.69, 9.17) is 33.5 Å². The van der Waals surface area contributed by atoms with Gasteiger partial charge in [0, 0.05) is 5.88 Å². The zero-order valence-corrected chi connectivity index (χ0v) is 8.68. The summed E-state index contributed by atoms with van der Waals surface area (Å²) in [7, 11) is -3.17. The van der Waals surface area contributed by atoms with E-state index in [0.29, 0.717) is 0 Å². The highest BCUT2D eigenvalue weighted by Gasteiger charge is 2.22. The fraction of sp³-hybridized carbons (Fsp3) is 0.500. The summed E-state index contributed by atoms with van der Waals surface area (Å²) in [6.07, 6.45) is 9.98. The molecule has 0 saturated heterocycles. The Kier molecular flexibility index (Phi) is 6.77. The molecule has 0 heterocycles. The lowest BCUT2D eigenvalue weighted by Gasteiger charge is -2.14. The maximum atomic E-state index is 11.6. The summed E-state index contributed by atoms with van der Waals surface area (Å²) in [5, 5.41) is 0. The smallest absolute Gasteiger partial charge is 0.295 e. The molecule has 0 aromatic rings. The minimum Gasteiger partial charge on any atom is -0.295 e. The Balaban J connectivity index is 4.11. The Bertz CT molecular complexity index is 242. The summed E-state index contributed by atoms with van der Waals surface area (Å²) in [4.78, 5) is 0. The van der Waals surface area contributed by atoms with Gasteiger partial charge >= 0.3 is 7.60 Å². The maximum Gasteiger partial charge on any atom is 0.333 e. The van der Waals surface area contributed by atoms with E-state index in [0.717, 1.165) is 0 Å². The second-order valence-corrected chi connectivity index (χ2v) is 4.54. The van der Waals surface area contributed by atoms with Gasteiger partial charge in [-0.15, -0.1) is 24.4 Å². The van der Waals surface area contributed by atoms with Crippen LogP contribution in [0, 0.1) is 24.7 Å². The van der Waals surface area contributed by atoms with Crippen LogP contribution in [0.5, 0.6) is 0 Å². The van der Waals surface area contributed by atoms with E-state index >= 15 is 0 Å². The van der Waals surface area contributed by atoms with E-state index in [1.54, 1.807) is 0 Å². The molecular weight excluding hydrogens is 211 g/mol. The van der Waals surface area contributed by atoms with E-state index in [2.05, 4.69) is 11.8 Å². The van der Waals surface area contributed by atoms with Crippen molar-refractivity contribution in [1.82, 2.24) is 0 Å². The van der Waals surface area contributed by atoms with Crippen LogP contribution in [0.2, 0.25) is 0 Å². The summed E-state index contributed by atoms with van der Waals surface area (Å²) >= 11 is 5.41. The molecule has 0 rings (SSSR count). The number of hydrogen-bond donors (Lipinski definition) is 0. The molecule has 72 valence electrons. The predicted molar refractivity (Wildman–Crippen MR) is 52.8 cm³/mol. The van der Waals surface area contributed by atoms with Crippen molar-refractivity contribution in [2.24, 2.45) is 0 Å². The van der Waals surface area contributed by atoms with E-state index in [9.17, 15) is 4.57 Å². The molecule has 0 bridgehead atoms. The van der Waals surface area contributed by atoms with Gasteiger partial charge in [0.15, 0.2) is 0 Å². The molecule has 0 amide bonds. The number of hydrogen-bond acceptors (Lipinski definition) is 3. The number of terminal acetylenes is 2. The van der Waals surface area contributed by atoms with E-state index < -0.39 is 7.60 Å². The average Bonchev–Trinajstić information content (AvgIpc) is 2.12. The first kappa shape index (κ1) is 12.6. The Morgan fingerprint density at radius 2 is 1.69 bits per heavy atom. The van der Waals surface area contributed by atoms with Gasteiger partial charge in [0.2, 0.25) is 0 Å². The molecule has 0 unspecified atom stereocenters. The lowest BCUT2D eigenvalue weighted by atomic mass is 10.8. The normalized spacial score (nSPS) is 10.4. The first-order chi connectivity index (χ1) is 6.18. The van der Waals surface area contributed by atoms with Crippen molar-refractivity contribution in [3.8, 4) is 24.7 Å². The summed E-state index contributed by atoms with van der Waals surface area (Å²) < 4.78 is 21.3. The minimum absolute atomic E-state index is 0.0707.